The van der Waals surface area contributed by atoms with E-state index in [1.54, 1.807) is 19.2 Å². The largest absolute Gasteiger partial charge is 0.493 e. The lowest BCUT2D eigenvalue weighted by Crippen LogP contribution is -2.40. The zero-order chi connectivity index (χ0) is 18.2. The number of ether oxygens (including phenoxy) is 2. The molecule has 24 heavy (non-hydrogen) atoms. The average molecular weight is 348 g/mol. The first kappa shape index (κ1) is 19.9. The minimum atomic E-state index is -4.21. The molecule has 0 amide bonds. The second kappa shape index (κ2) is 9.21. The number of alkyl halides is 3. The van der Waals surface area contributed by atoms with Crippen molar-refractivity contribution in [1.82, 2.24) is 10.2 Å². The Labute approximate surface area is 139 Å². The third-order valence-corrected chi connectivity index (χ3v) is 3.13. The fourth-order valence-corrected chi connectivity index (χ4v) is 1.97. The van der Waals surface area contributed by atoms with Gasteiger partial charge >= 0.3 is 6.18 Å². The molecule has 136 valence electrons. The van der Waals surface area contributed by atoms with E-state index in [4.69, 9.17) is 15.2 Å². The predicted molar refractivity (Wildman–Crippen MR) is 86.4 cm³/mol. The summed E-state index contributed by atoms with van der Waals surface area (Å²) in [5.74, 6) is 1.37. The fraction of sp³-hybridized carbons (Fsp3) is 0.533. The molecule has 0 aliphatic rings. The Kier molecular flexibility index (Phi) is 7.63. The Hall–Kier alpha value is -2.16. The van der Waals surface area contributed by atoms with Gasteiger partial charge in [0.1, 0.15) is 0 Å². The number of benzene rings is 1. The number of likely N-dealkylation sites (N-methyl/N-ethyl adjacent to an activating group) is 1. The lowest BCUT2D eigenvalue weighted by atomic mass is 10.2. The number of nitrogens with one attached hydrogen (secondary N) is 1. The van der Waals surface area contributed by atoms with Gasteiger partial charge in [-0.1, -0.05) is 6.07 Å². The van der Waals surface area contributed by atoms with Crippen molar-refractivity contribution in [2.75, 3.05) is 40.9 Å². The van der Waals surface area contributed by atoms with E-state index in [2.05, 4.69) is 10.3 Å². The maximum atomic E-state index is 12.2. The van der Waals surface area contributed by atoms with Crippen molar-refractivity contribution in [3.63, 3.8) is 0 Å². The zero-order valence-corrected chi connectivity index (χ0v) is 14.0. The number of nitrogens with two attached hydrogens (primary N) is 1. The Bertz CT molecular complexity index is 550. The predicted octanol–water partition coefficient (Wildman–Crippen LogP) is 1.60. The molecule has 0 aromatic heterocycles. The Morgan fingerprint density at radius 1 is 1.25 bits per heavy atom. The van der Waals surface area contributed by atoms with Gasteiger partial charge in [-0.05, 0) is 24.7 Å². The van der Waals surface area contributed by atoms with E-state index in [-0.39, 0.29) is 19.0 Å². The smallest absolute Gasteiger partial charge is 0.401 e. The van der Waals surface area contributed by atoms with Crippen LogP contribution in [0, 0.1) is 0 Å². The van der Waals surface area contributed by atoms with Crippen LogP contribution >= 0.6 is 0 Å². The number of aliphatic imine (C=N–C) groups is 1. The standard InChI is InChI=1S/C15H23F3N4O2/c1-22(10-15(16,17)18)7-6-20-14(19)21-9-11-4-5-12(23-2)13(8-11)24-3/h4-5,8H,6-7,9-10H2,1-3H3,(H3,19,20,21). The van der Waals surface area contributed by atoms with Crippen molar-refractivity contribution in [1.29, 1.82) is 0 Å². The third kappa shape index (κ3) is 7.40. The maximum Gasteiger partial charge on any atom is 0.401 e. The zero-order valence-electron chi connectivity index (χ0n) is 14.0. The number of halogens is 3. The SMILES string of the molecule is COc1ccc(CN=C(N)NCCN(C)CC(F)(F)F)cc1OC. The van der Waals surface area contributed by atoms with Crippen molar-refractivity contribution in [3.8, 4) is 11.5 Å². The molecule has 6 nitrogen and oxygen atoms in total. The van der Waals surface area contributed by atoms with E-state index in [1.807, 2.05) is 6.07 Å². The molecule has 1 aromatic carbocycles. The molecule has 0 atom stereocenters. The van der Waals surface area contributed by atoms with E-state index >= 15 is 0 Å². The van der Waals surface area contributed by atoms with Gasteiger partial charge in [0.15, 0.2) is 17.5 Å². The minimum absolute atomic E-state index is 0.171. The van der Waals surface area contributed by atoms with Crippen molar-refractivity contribution < 1.29 is 22.6 Å². The van der Waals surface area contributed by atoms with Gasteiger partial charge in [-0.15, -0.1) is 0 Å². The van der Waals surface area contributed by atoms with E-state index in [9.17, 15) is 13.2 Å². The van der Waals surface area contributed by atoms with Crippen LogP contribution in [0.1, 0.15) is 5.56 Å². The molecule has 0 aliphatic heterocycles. The molecule has 0 spiro atoms. The quantitative estimate of drug-likeness (QED) is 0.552. The van der Waals surface area contributed by atoms with Crippen molar-refractivity contribution >= 4 is 5.96 Å². The highest BCUT2D eigenvalue weighted by molar-refractivity contribution is 5.77. The molecule has 0 aliphatic carbocycles. The Balaban J connectivity index is 2.44. The molecule has 0 saturated heterocycles. The van der Waals surface area contributed by atoms with Gasteiger partial charge in [0.2, 0.25) is 0 Å². The monoisotopic (exact) mass is 348 g/mol. The van der Waals surface area contributed by atoms with Gasteiger partial charge in [-0.2, -0.15) is 13.2 Å². The summed E-state index contributed by atoms with van der Waals surface area (Å²) in [5, 5.41) is 2.78. The van der Waals surface area contributed by atoms with Gasteiger partial charge in [0, 0.05) is 13.1 Å². The second-order valence-corrected chi connectivity index (χ2v) is 5.17. The third-order valence-electron chi connectivity index (χ3n) is 3.13. The first-order valence-corrected chi connectivity index (χ1v) is 7.25. The van der Waals surface area contributed by atoms with E-state index in [0.29, 0.717) is 18.0 Å². The highest BCUT2D eigenvalue weighted by Crippen LogP contribution is 2.27. The van der Waals surface area contributed by atoms with Crippen LogP contribution in [-0.4, -0.2) is 57.9 Å². The summed E-state index contributed by atoms with van der Waals surface area (Å²) in [7, 11) is 4.48. The fourth-order valence-electron chi connectivity index (χ4n) is 1.97. The van der Waals surface area contributed by atoms with Crippen molar-refractivity contribution in [2.45, 2.75) is 12.7 Å². The summed E-state index contributed by atoms with van der Waals surface area (Å²) in [6, 6.07) is 5.38. The van der Waals surface area contributed by atoms with Gasteiger partial charge in [-0.25, -0.2) is 4.99 Å². The van der Waals surface area contributed by atoms with Crippen LogP contribution in [0.2, 0.25) is 0 Å². The van der Waals surface area contributed by atoms with Crippen LogP contribution < -0.4 is 20.5 Å². The molecule has 9 heteroatoms. The Morgan fingerprint density at radius 2 is 1.92 bits per heavy atom. The molecule has 0 heterocycles. The minimum Gasteiger partial charge on any atom is -0.493 e. The number of guanidine groups is 1. The van der Waals surface area contributed by atoms with Crippen LogP contribution in [0.4, 0.5) is 13.2 Å². The lowest BCUT2D eigenvalue weighted by molar-refractivity contribution is -0.142. The molecule has 0 bridgehead atoms. The molecule has 0 saturated carbocycles. The van der Waals surface area contributed by atoms with Crippen LogP contribution in [0.25, 0.3) is 0 Å². The highest BCUT2D eigenvalue weighted by atomic mass is 19.4. The van der Waals surface area contributed by atoms with Crippen molar-refractivity contribution in [2.24, 2.45) is 10.7 Å². The summed E-state index contributed by atoms with van der Waals surface area (Å²) in [6.45, 7) is -0.172. The van der Waals surface area contributed by atoms with E-state index in [1.165, 1.54) is 14.2 Å². The Morgan fingerprint density at radius 3 is 2.50 bits per heavy atom. The number of hydrogen-bond donors (Lipinski definition) is 2. The normalized spacial score (nSPS) is 12.4. The highest BCUT2D eigenvalue weighted by Gasteiger charge is 2.28. The molecular formula is C15H23F3N4O2. The summed E-state index contributed by atoms with van der Waals surface area (Å²) in [6.07, 6.45) is -4.21. The van der Waals surface area contributed by atoms with E-state index in [0.717, 1.165) is 10.5 Å². The molecule has 0 fully saturated rings. The van der Waals surface area contributed by atoms with Crippen LogP contribution in [0.5, 0.6) is 11.5 Å². The molecule has 1 aromatic rings. The number of hydrogen-bond acceptors (Lipinski definition) is 4. The summed E-state index contributed by atoms with van der Waals surface area (Å²) in [4.78, 5) is 5.30. The first-order chi connectivity index (χ1) is 11.2. The lowest BCUT2D eigenvalue weighted by Gasteiger charge is -2.18. The van der Waals surface area contributed by atoms with E-state index < -0.39 is 12.7 Å². The molecule has 0 radical (unpaired) electrons. The molecule has 0 unspecified atom stereocenters. The van der Waals surface area contributed by atoms with Crippen LogP contribution in [0.15, 0.2) is 23.2 Å². The molecule has 3 N–H and O–H groups in total. The second-order valence-electron chi connectivity index (χ2n) is 5.17. The topological polar surface area (TPSA) is 72.1 Å². The van der Waals surface area contributed by atoms with Gasteiger partial charge in [0.05, 0.1) is 27.3 Å². The number of nitrogens with zero attached hydrogens (tertiary/aromatic N) is 2. The number of rotatable bonds is 8. The first-order valence-electron chi connectivity index (χ1n) is 7.25. The van der Waals surface area contributed by atoms with Gasteiger partial charge in [-0.3, -0.25) is 4.90 Å². The summed E-state index contributed by atoms with van der Waals surface area (Å²) in [5.41, 5.74) is 6.57. The average Bonchev–Trinajstić information content (AvgIpc) is 2.50. The molecular weight excluding hydrogens is 325 g/mol. The maximum absolute atomic E-state index is 12.2. The van der Waals surface area contributed by atoms with Gasteiger partial charge in [0.25, 0.3) is 0 Å². The number of methoxy groups -OCH3 is 2. The summed E-state index contributed by atoms with van der Waals surface area (Å²) >= 11 is 0. The van der Waals surface area contributed by atoms with Crippen molar-refractivity contribution in [3.05, 3.63) is 23.8 Å². The molecule has 1 rings (SSSR count). The van der Waals surface area contributed by atoms with Gasteiger partial charge < -0.3 is 20.5 Å². The van der Waals surface area contributed by atoms with Crippen LogP contribution in [-0.2, 0) is 6.54 Å². The van der Waals surface area contributed by atoms with Crippen LogP contribution in [0.3, 0.4) is 0 Å². The summed E-state index contributed by atoms with van der Waals surface area (Å²) < 4.78 is 46.9.